The van der Waals surface area contributed by atoms with Gasteiger partial charge in [0.25, 0.3) is 0 Å². The van der Waals surface area contributed by atoms with Gasteiger partial charge in [-0.25, -0.2) is 0 Å². The average Bonchev–Trinajstić information content (AvgIpc) is 1.90. The van der Waals surface area contributed by atoms with Crippen LogP contribution in [0.1, 0.15) is 18.0 Å². The van der Waals surface area contributed by atoms with E-state index < -0.39 is 0 Å². The molecule has 0 aromatic carbocycles. The van der Waals surface area contributed by atoms with Gasteiger partial charge in [0.2, 0.25) is 0 Å². The summed E-state index contributed by atoms with van der Waals surface area (Å²) in [5, 5.41) is -0.0429. The van der Waals surface area contributed by atoms with Crippen LogP contribution in [-0.4, -0.2) is 9.97 Å². The molecule has 1 rings (SSSR count). The quantitative estimate of drug-likeness (QED) is 0.559. The number of hydrogen-bond donors (Lipinski definition) is 0. The summed E-state index contributed by atoms with van der Waals surface area (Å²) in [6.45, 7) is 1.87. The van der Waals surface area contributed by atoms with Gasteiger partial charge in [-0.05, 0) is 6.92 Å². The Morgan fingerprint density at radius 3 is 2.67 bits per heavy atom. The molecule has 0 spiro atoms. The van der Waals surface area contributed by atoms with Gasteiger partial charge in [-0.1, -0.05) is 0 Å². The fraction of sp³-hybridized carbons (Fsp3) is 0.333. The Morgan fingerprint density at radius 1 is 1.56 bits per heavy atom. The third kappa shape index (κ3) is 1.64. The fourth-order valence-corrected chi connectivity index (χ4v) is 0.629. The molecule has 1 heterocycles. The molecule has 0 aliphatic heterocycles. The van der Waals surface area contributed by atoms with Crippen LogP contribution in [0.3, 0.4) is 0 Å². The smallest absolute Gasteiger partial charge is 0.0762 e. The van der Waals surface area contributed by atoms with E-state index in [1.165, 1.54) is 0 Å². The molecular formula is C6H7ClN2. The van der Waals surface area contributed by atoms with E-state index >= 15 is 0 Å². The monoisotopic (exact) mass is 142 g/mol. The standard InChI is InChI=1S/C6H7ClN2/c1-5(7)6-4-8-2-3-9-6/h2-5H,1H3/t5-/m0/s1. The minimum absolute atomic E-state index is 0.0429. The zero-order valence-electron chi connectivity index (χ0n) is 5.08. The molecule has 0 radical (unpaired) electrons. The Kier molecular flexibility index (Phi) is 2.01. The van der Waals surface area contributed by atoms with E-state index in [0.29, 0.717) is 0 Å². The molecule has 0 saturated heterocycles. The molecule has 0 bridgehead atoms. The lowest BCUT2D eigenvalue weighted by molar-refractivity contribution is 0.967. The Bertz CT molecular complexity index is 174. The van der Waals surface area contributed by atoms with E-state index in [0.717, 1.165) is 5.69 Å². The van der Waals surface area contributed by atoms with Crippen LogP contribution in [0.2, 0.25) is 0 Å². The Hall–Kier alpha value is -0.630. The predicted octanol–water partition coefficient (Wildman–Crippen LogP) is 1.78. The maximum Gasteiger partial charge on any atom is 0.0762 e. The molecule has 0 N–H and O–H groups in total. The first-order valence-corrected chi connectivity index (χ1v) is 3.14. The van der Waals surface area contributed by atoms with E-state index in [-0.39, 0.29) is 5.38 Å². The van der Waals surface area contributed by atoms with Crippen molar-refractivity contribution in [3.63, 3.8) is 0 Å². The van der Waals surface area contributed by atoms with E-state index in [4.69, 9.17) is 11.6 Å². The molecule has 1 aromatic heterocycles. The highest BCUT2D eigenvalue weighted by atomic mass is 35.5. The lowest BCUT2D eigenvalue weighted by atomic mass is 10.3. The second-order valence-corrected chi connectivity index (χ2v) is 2.40. The van der Waals surface area contributed by atoms with Crippen molar-refractivity contribution in [2.45, 2.75) is 12.3 Å². The van der Waals surface area contributed by atoms with Gasteiger partial charge in [0, 0.05) is 18.6 Å². The summed E-state index contributed by atoms with van der Waals surface area (Å²) in [6.07, 6.45) is 4.93. The molecule has 0 fully saturated rings. The molecule has 1 atom stereocenters. The highest BCUT2D eigenvalue weighted by Gasteiger charge is 1.98. The van der Waals surface area contributed by atoms with Crippen LogP contribution in [0.25, 0.3) is 0 Å². The minimum atomic E-state index is -0.0429. The predicted molar refractivity (Wildman–Crippen MR) is 36.3 cm³/mol. The highest BCUT2D eigenvalue weighted by molar-refractivity contribution is 6.20. The van der Waals surface area contributed by atoms with Crippen molar-refractivity contribution in [2.75, 3.05) is 0 Å². The van der Waals surface area contributed by atoms with Crippen LogP contribution in [0, 0.1) is 0 Å². The number of alkyl halides is 1. The van der Waals surface area contributed by atoms with Crippen molar-refractivity contribution < 1.29 is 0 Å². The first kappa shape index (κ1) is 6.49. The van der Waals surface area contributed by atoms with E-state index in [1.54, 1.807) is 18.6 Å². The molecule has 2 nitrogen and oxygen atoms in total. The second kappa shape index (κ2) is 2.78. The zero-order chi connectivity index (χ0) is 6.69. The molecular weight excluding hydrogens is 136 g/mol. The average molecular weight is 143 g/mol. The second-order valence-electron chi connectivity index (χ2n) is 1.75. The largest absolute Gasteiger partial charge is 0.261 e. The summed E-state index contributed by atoms with van der Waals surface area (Å²) in [7, 11) is 0. The first-order chi connectivity index (χ1) is 4.30. The summed E-state index contributed by atoms with van der Waals surface area (Å²) in [5.74, 6) is 0. The summed E-state index contributed by atoms with van der Waals surface area (Å²) < 4.78 is 0. The Balaban J connectivity index is 2.85. The van der Waals surface area contributed by atoms with Gasteiger partial charge in [-0.3, -0.25) is 9.97 Å². The van der Waals surface area contributed by atoms with Crippen molar-refractivity contribution in [1.82, 2.24) is 9.97 Å². The molecule has 9 heavy (non-hydrogen) atoms. The van der Waals surface area contributed by atoms with Crippen LogP contribution in [-0.2, 0) is 0 Å². The molecule has 48 valence electrons. The first-order valence-electron chi connectivity index (χ1n) is 2.70. The molecule has 0 aliphatic carbocycles. The van der Waals surface area contributed by atoms with Crippen molar-refractivity contribution in [3.8, 4) is 0 Å². The van der Waals surface area contributed by atoms with Crippen molar-refractivity contribution >= 4 is 11.6 Å². The number of nitrogens with zero attached hydrogens (tertiary/aromatic N) is 2. The van der Waals surface area contributed by atoms with Crippen LogP contribution in [0.4, 0.5) is 0 Å². The zero-order valence-corrected chi connectivity index (χ0v) is 5.84. The number of hydrogen-bond acceptors (Lipinski definition) is 2. The summed E-state index contributed by atoms with van der Waals surface area (Å²) in [5.41, 5.74) is 0.819. The summed E-state index contributed by atoms with van der Waals surface area (Å²) in [6, 6.07) is 0. The maximum absolute atomic E-state index is 5.70. The van der Waals surface area contributed by atoms with Crippen LogP contribution < -0.4 is 0 Å². The SMILES string of the molecule is C[C@H](Cl)c1cnccn1. The van der Waals surface area contributed by atoms with Gasteiger partial charge >= 0.3 is 0 Å². The summed E-state index contributed by atoms with van der Waals surface area (Å²) >= 11 is 5.70. The van der Waals surface area contributed by atoms with Crippen molar-refractivity contribution in [3.05, 3.63) is 24.3 Å². The van der Waals surface area contributed by atoms with Crippen LogP contribution in [0.5, 0.6) is 0 Å². The molecule has 0 unspecified atom stereocenters. The number of rotatable bonds is 1. The lowest BCUT2D eigenvalue weighted by Crippen LogP contribution is -1.88. The van der Waals surface area contributed by atoms with Crippen molar-refractivity contribution in [1.29, 1.82) is 0 Å². The molecule has 0 amide bonds. The summed E-state index contributed by atoms with van der Waals surface area (Å²) in [4.78, 5) is 7.84. The number of aromatic nitrogens is 2. The van der Waals surface area contributed by atoms with Gasteiger partial charge in [0.1, 0.15) is 0 Å². The minimum Gasteiger partial charge on any atom is -0.261 e. The van der Waals surface area contributed by atoms with Gasteiger partial charge in [-0.2, -0.15) is 0 Å². The van der Waals surface area contributed by atoms with E-state index in [1.807, 2.05) is 6.92 Å². The number of halogens is 1. The van der Waals surface area contributed by atoms with E-state index in [9.17, 15) is 0 Å². The van der Waals surface area contributed by atoms with E-state index in [2.05, 4.69) is 9.97 Å². The van der Waals surface area contributed by atoms with Gasteiger partial charge in [-0.15, -0.1) is 11.6 Å². The van der Waals surface area contributed by atoms with Gasteiger partial charge < -0.3 is 0 Å². The van der Waals surface area contributed by atoms with Crippen LogP contribution >= 0.6 is 11.6 Å². The van der Waals surface area contributed by atoms with Gasteiger partial charge in [0.15, 0.2) is 0 Å². The third-order valence-electron chi connectivity index (χ3n) is 0.991. The Labute approximate surface area is 58.9 Å². The normalized spacial score (nSPS) is 13.1. The third-order valence-corrected chi connectivity index (χ3v) is 1.21. The van der Waals surface area contributed by atoms with Crippen molar-refractivity contribution in [2.24, 2.45) is 0 Å². The van der Waals surface area contributed by atoms with Gasteiger partial charge in [0.05, 0.1) is 11.1 Å². The topological polar surface area (TPSA) is 25.8 Å². The van der Waals surface area contributed by atoms with Crippen LogP contribution in [0.15, 0.2) is 18.6 Å². The molecule has 1 aromatic rings. The molecule has 0 aliphatic rings. The maximum atomic E-state index is 5.70. The highest BCUT2D eigenvalue weighted by Crippen LogP contribution is 2.13. The fourth-order valence-electron chi connectivity index (χ4n) is 0.516. The molecule has 3 heteroatoms. The lowest BCUT2D eigenvalue weighted by Gasteiger charge is -1.97. The molecule has 0 saturated carbocycles. The Morgan fingerprint density at radius 2 is 2.33 bits per heavy atom.